The van der Waals surface area contributed by atoms with Gasteiger partial charge in [0.05, 0.1) is 16.8 Å². The second-order valence-electron chi connectivity index (χ2n) is 17.9. The highest BCUT2D eigenvalue weighted by molar-refractivity contribution is 5.98. The maximum absolute atomic E-state index is 3.34. The molecule has 0 saturated carbocycles. The van der Waals surface area contributed by atoms with E-state index in [0.29, 0.717) is 0 Å². The molecule has 3 heteroatoms. The molecule has 13 rings (SSSR count). The lowest BCUT2D eigenvalue weighted by Gasteiger charge is -2.45. The molecular weight excluding hydrogens is 847 g/mol. The topological polar surface area (TPSA) is 9.72 Å². The molecule has 11 aromatic carbocycles. The molecule has 0 saturated heterocycles. The molecule has 0 radical (unpaired) electrons. The number of anilines is 9. The lowest BCUT2D eigenvalue weighted by molar-refractivity contribution is 0.752. The maximum Gasteiger partial charge on any atom is 0.0755 e. The number of para-hydroxylation sites is 5. The minimum absolute atomic E-state index is 0.720. The minimum Gasteiger partial charge on any atom is -0.310 e. The second-order valence-corrected chi connectivity index (χ2v) is 17.9. The molecule has 1 aliphatic heterocycles. The standard InChI is InChI=1S/C67H45N3/c1-6-22-48(23-7-1)50-26-20-34-55(44-50)68(52-28-10-3-11-29-52)57-40-42-59-60-43-41-58(69(53-30-12-4-13-31-53)56-35-21-27-51(45-56)49-24-8-2-9-25-49)47-64(60)67(63(59)46-57)61-36-16-18-38-65(61)70(54-32-14-5-15-33-54)66-39-19-17-37-62(66)67/h1-8,10-24,26-47H. The molecule has 70 heavy (non-hydrogen) atoms. The van der Waals surface area contributed by atoms with Gasteiger partial charge in [-0.1, -0.05) is 176 Å². The molecule has 328 valence electrons. The lowest BCUT2D eigenvalue weighted by Crippen LogP contribution is -2.36. The van der Waals surface area contributed by atoms with Crippen molar-refractivity contribution in [1.29, 1.82) is 0 Å². The smallest absolute Gasteiger partial charge is 0.0755 e. The Bertz CT molecular complexity index is 3440. The van der Waals surface area contributed by atoms with Crippen molar-refractivity contribution < 1.29 is 0 Å². The van der Waals surface area contributed by atoms with Gasteiger partial charge in [-0.15, -0.1) is 0 Å². The predicted octanol–water partition coefficient (Wildman–Crippen LogP) is 17.7. The van der Waals surface area contributed by atoms with E-state index in [2.05, 4.69) is 288 Å². The third kappa shape index (κ3) is 6.69. The summed E-state index contributed by atoms with van der Waals surface area (Å²) in [7, 11) is 0. The second kappa shape index (κ2) is 17.1. The van der Waals surface area contributed by atoms with Crippen molar-refractivity contribution in [1.82, 2.24) is 0 Å². The molecule has 2 aliphatic rings. The zero-order chi connectivity index (χ0) is 46.4. The van der Waals surface area contributed by atoms with Crippen LogP contribution in [0.1, 0.15) is 22.3 Å². The summed E-state index contributed by atoms with van der Waals surface area (Å²) >= 11 is 0. The van der Waals surface area contributed by atoms with E-state index in [-0.39, 0.29) is 0 Å². The highest BCUT2D eigenvalue weighted by atomic mass is 15.2. The van der Waals surface area contributed by atoms with E-state index in [1.165, 1.54) is 44.5 Å². The number of hydrogen-bond donors (Lipinski definition) is 0. The van der Waals surface area contributed by atoms with Gasteiger partial charge in [0.1, 0.15) is 0 Å². The van der Waals surface area contributed by atoms with Crippen LogP contribution in [0.2, 0.25) is 0 Å². The van der Waals surface area contributed by atoms with Crippen molar-refractivity contribution in [3.8, 4) is 33.4 Å². The van der Waals surface area contributed by atoms with Crippen LogP contribution in [0.15, 0.2) is 273 Å². The van der Waals surface area contributed by atoms with Crippen molar-refractivity contribution in [3.05, 3.63) is 307 Å². The number of benzene rings is 10. The Morgan fingerprint density at radius 3 is 1.30 bits per heavy atom. The predicted molar refractivity (Wildman–Crippen MR) is 290 cm³/mol. The molecule has 0 unspecified atom stereocenters. The monoisotopic (exact) mass is 891 g/mol. The summed E-state index contributed by atoms with van der Waals surface area (Å²) in [6.07, 6.45) is 0. The van der Waals surface area contributed by atoms with Gasteiger partial charge in [0.25, 0.3) is 0 Å². The molecule has 0 aromatic heterocycles. The Balaban J connectivity index is 1.08. The van der Waals surface area contributed by atoms with E-state index < -0.39 is 5.41 Å². The molecule has 1 aliphatic carbocycles. The minimum atomic E-state index is -0.720. The van der Waals surface area contributed by atoms with Crippen molar-refractivity contribution in [2.75, 3.05) is 14.7 Å². The first-order valence-corrected chi connectivity index (χ1v) is 23.9. The van der Waals surface area contributed by atoms with Gasteiger partial charge in [0, 0.05) is 45.4 Å². The van der Waals surface area contributed by atoms with Gasteiger partial charge in [-0.25, -0.2) is 0 Å². The third-order valence-electron chi connectivity index (χ3n) is 14.0. The molecular formula is C67H45N3. The van der Waals surface area contributed by atoms with Gasteiger partial charge < -0.3 is 14.7 Å². The van der Waals surface area contributed by atoms with Crippen LogP contribution in [0.4, 0.5) is 51.2 Å². The van der Waals surface area contributed by atoms with Gasteiger partial charge in [-0.05, 0) is 159 Å². The zero-order valence-electron chi connectivity index (χ0n) is 38.3. The summed E-state index contributed by atoms with van der Waals surface area (Å²) in [5, 5.41) is 0. The maximum atomic E-state index is 3.34. The van der Waals surface area contributed by atoms with Gasteiger partial charge in [-0.2, -0.15) is 0 Å². The number of fused-ring (bicyclic) bond motifs is 9. The van der Waals surface area contributed by atoms with E-state index in [9.17, 15) is 0 Å². The van der Waals surface area contributed by atoms with Gasteiger partial charge in [-0.3, -0.25) is 0 Å². The molecule has 3 nitrogen and oxygen atoms in total. The largest absolute Gasteiger partial charge is 0.310 e. The summed E-state index contributed by atoms with van der Waals surface area (Å²) in [4.78, 5) is 7.26. The summed E-state index contributed by atoms with van der Waals surface area (Å²) in [5.74, 6) is 0. The average Bonchev–Trinajstić information content (AvgIpc) is 3.72. The highest BCUT2D eigenvalue weighted by Gasteiger charge is 2.52. The molecule has 0 bridgehead atoms. The molecule has 0 amide bonds. The quantitative estimate of drug-likeness (QED) is 0.143. The van der Waals surface area contributed by atoms with Crippen LogP contribution in [0, 0.1) is 12.1 Å². The number of rotatable bonds is 9. The van der Waals surface area contributed by atoms with E-state index >= 15 is 0 Å². The molecule has 0 atom stereocenters. The Morgan fingerprint density at radius 2 is 0.757 bits per heavy atom. The van der Waals surface area contributed by atoms with E-state index in [1.54, 1.807) is 0 Å². The first-order valence-electron chi connectivity index (χ1n) is 23.9. The third-order valence-corrected chi connectivity index (χ3v) is 14.0. The van der Waals surface area contributed by atoms with Crippen LogP contribution >= 0.6 is 0 Å². The Kier molecular flexibility index (Phi) is 9.96. The van der Waals surface area contributed by atoms with Crippen LogP contribution in [0.25, 0.3) is 33.4 Å². The summed E-state index contributed by atoms with van der Waals surface area (Å²) in [6.45, 7) is 0. The van der Waals surface area contributed by atoms with Crippen LogP contribution in [0.3, 0.4) is 0 Å². The molecule has 0 N–H and O–H groups in total. The fourth-order valence-electron chi connectivity index (χ4n) is 11.1. The number of nitrogens with zero attached hydrogens (tertiary/aromatic N) is 3. The van der Waals surface area contributed by atoms with Crippen molar-refractivity contribution in [2.45, 2.75) is 5.41 Å². The van der Waals surface area contributed by atoms with Gasteiger partial charge in [0.15, 0.2) is 0 Å². The van der Waals surface area contributed by atoms with Crippen LogP contribution in [0.5, 0.6) is 0 Å². The van der Waals surface area contributed by atoms with Crippen molar-refractivity contribution in [2.24, 2.45) is 0 Å². The fraction of sp³-hybridized carbons (Fsp3) is 0.0149. The average molecular weight is 892 g/mol. The molecule has 1 heterocycles. The fourth-order valence-corrected chi connectivity index (χ4v) is 11.1. The zero-order valence-corrected chi connectivity index (χ0v) is 38.3. The molecule has 0 fully saturated rings. The number of hydrogen-bond acceptors (Lipinski definition) is 3. The molecule has 1 spiro atoms. The van der Waals surface area contributed by atoms with Gasteiger partial charge >= 0.3 is 0 Å². The van der Waals surface area contributed by atoms with E-state index in [0.717, 1.165) is 62.3 Å². The summed E-state index contributed by atoms with van der Waals surface area (Å²) in [5.41, 5.74) is 21.0. The normalized spacial score (nSPS) is 12.5. The lowest BCUT2D eigenvalue weighted by atomic mass is 9.64. The van der Waals surface area contributed by atoms with Crippen molar-refractivity contribution >= 4 is 51.2 Å². The highest BCUT2D eigenvalue weighted by Crippen LogP contribution is 2.64. The summed E-state index contributed by atoms with van der Waals surface area (Å²) < 4.78 is 0. The van der Waals surface area contributed by atoms with E-state index in [4.69, 9.17) is 0 Å². The Morgan fingerprint density at radius 1 is 0.314 bits per heavy atom. The van der Waals surface area contributed by atoms with Crippen LogP contribution in [-0.4, -0.2) is 0 Å². The Hall–Kier alpha value is -9.36. The van der Waals surface area contributed by atoms with Crippen molar-refractivity contribution in [3.63, 3.8) is 0 Å². The summed E-state index contributed by atoms with van der Waals surface area (Å²) in [6, 6.07) is 106. The van der Waals surface area contributed by atoms with Crippen LogP contribution < -0.4 is 14.7 Å². The molecule has 11 aromatic rings. The first kappa shape index (κ1) is 40.9. The SMILES string of the molecule is c1cccc(-c2cccc(N(c3ccccc3)c3ccc4c(c3)C3(c5cc(N(c6ccccc6)c6cccc(-c7ccccc7)c6)ccc5-4)c4ccccc4N(c4ccccc4)c4ccccc43)c2)c#1. The Labute approximate surface area is 410 Å². The van der Waals surface area contributed by atoms with Gasteiger partial charge in [0.2, 0.25) is 0 Å². The van der Waals surface area contributed by atoms with Crippen LogP contribution in [-0.2, 0) is 5.41 Å². The first-order chi connectivity index (χ1) is 34.7. The van der Waals surface area contributed by atoms with E-state index in [1.807, 2.05) is 12.1 Å².